The van der Waals surface area contributed by atoms with Crippen molar-refractivity contribution < 1.29 is 9.59 Å². The number of halogens is 1. The van der Waals surface area contributed by atoms with E-state index in [-0.39, 0.29) is 17.8 Å². The van der Waals surface area contributed by atoms with Crippen molar-refractivity contribution >= 4 is 46.3 Å². The van der Waals surface area contributed by atoms with Crippen molar-refractivity contribution in [3.05, 3.63) is 69.6 Å². The molecule has 4 nitrogen and oxygen atoms in total. The van der Waals surface area contributed by atoms with Crippen LogP contribution in [0.15, 0.2) is 53.4 Å². The number of thioether (sulfide) groups is 1. The molecular weight excluding hydrogens is 344 g/mol. The van der Waals surface area contributed by atoms with Crippen molar-refractivity contribution in [1.29, 1.82) is 0 Å². The molecule has 0 spiro atoms. The van der Waals surface area contributed by atoms with Crippen LogP contribution in [0.2, 0.25) is 5.02 Å². The van der Waals surface area contributed by atoms with E-state index in [9.17, 15) is 9.59 Å². The average Bonchev–Trinajstić information content (AvgIpc) is 2.83. The number of carbonyl (C=O) groups is 2. The highest BCUT2D eigenvalue weighted by Crippen LogP contribution is 2.32. The van der Waals surface area contributed by atoms with E-state index in [2.05, 4.69) is 5.32 Å². The molecule has 2 aromatic rings. The quantitative estimate of drug-likeness (QED) is 0.801. The zero-order valence-corrected chi connectivity index (χ0v) is 14.5. The Hall–Kier alpha value is -2.24. The Morgan fingerprint density at radius 1 is 1.17 bits per heavy atom. The summed E-state index contributed by atoms with van der Waals surface area (Å²) in [6.45, 7) is 2.02. The molecule has 1 N–H and O–H groups in total. The number of rotatable bonds is 4. The molecule has 0 radical (unpaired) electrons. The van der Waals surface area contributed by atoms with Crippen LogP contribution in [0.3, 0.4) is 0 Å². The van der Waals surface area contributed by atoms with Crippen LogP contribution in [0.4, 0.5) is 10.5 Å². The molecule has 3 rings (SSSR count). The van der Waals surface area contributed by atoms with Gasteiger partial charge in [-0.05, 0) is 48.0 Å². The molecule has 1 heterocycles. The van der Waals surface area contributed by atoms with Gasteiger partial charge in [-0.3, -0.25) is 14.5 Å². The number of nitrogens with one attached hydrogen (secondary N) is 1. The number of aryl methyl sites for hydroxylation is 1. The minimum atomic E-state index is -0.292. The predicted molar refractivity (Wildman–Crippen MR) is 98.9 cm³/mol. The highest BCUT2D eigenvalue weighted by molar-refractivity contribution is 8.18. The summed E-state index contributed by atoms with van der Waals surface area (Å²) >= 11 is 7.03. The Morgan fingerprint density at radius 3 is 2.62 bits per heavy atom. The molecule has 0 saturated carbocycles. The highest BCUT2D eigenvalue weighted by atomic mass is 35.5. The molecule has 1 aliphatic rings. The molecule has 2 amide bonds. The molecule has 1 fully saturated rings. The lowest BCUT2D eigenvalue weighted by atomic mass is 10.2. The number of nitrogens with zero attached hydrogens (tertiary/aromatic N) is 1. The molecule has 0 aromatic heterocycles. The Kier molecular flexibility index (Phi) is 4.92. The first-order valence-electron chi connectivity index (χ1n) is 7.35. The molecule has 6 heteroatoms. The molecule has 0 atom stereocenters. The number of benzene rings is 2. The van der Waals surface area contributed by atoms with Crippen LogP contribution in [0, 0.1) is 6.92 Å². The number of imide groups is 1. The first-order chi connectivity index (χ1) is 11.5. The third-order valence-corrected chi connectivity index (χ3v) is 4.90. The SMILES string of the molecule is Cc1ccc(NCN2C(=O)SC(=Cc3ccccc3)C2=O)cc1Cl. The normalized spacial score (nSPS) is 16.1. The molecule has 1 aliphatic heterocycles. The van der Waals surface area contributed by atoms with Crippen LogP contribution in [0.5, 0.6) is 0 Å². The van der Waals surface area contributed by atoms with E-state index in [1.165, 1.54) is 4.90 Å². The number of hydrogen-bond donors (Lipinski definition) is 1. The number of anilines is 1. The van der Waals surface area contributed by atoms with Crippen LogP contribution in [0.25, 0.3) is 6.08 Å². The summed E-state index contributed by atoms with van der Waals surface area (Å²) in [6.07, 6.45) is 1.73. The predicted octanol–water partition coefficient (Wildman–Crippen LogP) is 4.75. The molecule has 2 aromatic carbocycles. The smallest absolute Gasteiger partial charge is 0.295 e. The minimum absolute atomic E-state index is 0.107. The van der Waals surface area contributed by atoms with Gasteiger partial charge in [-0.15, -0.1) is 0 Å². The average molecular weight is 359 g/mol. The van der Waals surface area contributed by atoms with Gasteiger partial charge in [0.15, 0.2) is 0 Å². The summed E-state index contributed by atoms with van der Waals surface area (Å²) in [5.41, 5.74) is 2.62. The number of hydrogen-bond acceptors (Lipinski definition) is 4. The van der Waals surface area contributed by atoms with E-state index in [4.69, 9.17) is 11.6 Å². The van der Waals surface area contributed by atoms with E-state index < -0.39 is 0 Å². The van der Waals surface area contributed by atoms with Crippen LogP contribution in [0.1, 0.15) is 11.1 Å². The maximum absolute atomic E-state index is 12.4. The maximum atomic E-state index is 12.4. The lowest BCUT2D eigenvalue weighted by Crippen LogP contribution is -2.33. The van der Waals surface area contributed by atoms with Crippen LogP contribution in [-0.4, -0.2) is 22.7 Å². The highest BCUT2D eigenvalue weighted by Gasteiger charge is 2.34. The van der Waals surface area contributed by atoms with Gasteiger partial charge in [-0.25, -0.2) is 0 Å². The summed E-state index contributed by atoms with van der Waals surface area (Å²) < 4.78 is 0. The summed E-state index contributed by atoms with van der Waals surface area (Å²) in [5.74, 6) is -0.292. The maximum Gasteiger partial charge on any atom is 0.295 e. The molecule has 0 unspecified atom stereocenters. The monoisotopic (exact) mass is 358 g/mol. The second-order valence-corrected chi connectivity index (χ2v) is 6.72. The number of carbonyl (C=O) groups excluding carboxylic acids is 2. The van der Waals surface area contributed by atoms with Crippen LogP contribution >= 0.6 is 23.4 Å². The van der Waals surface area contributed by atoms with Gasteiger partial charge in [-0.1, -0.05) is 48.0 Å². The lowest BCUT2D eigenvalue weighted by molar-refractivity contribution is -0.122. The molecule has 122 valence electrons. The third kappa shape index (κ3) is 3.63. The van der Waals surface area contributed by atoms with Gasteiger partial charge >= 0.3 is 0 Å². The Morgan fingerprint density at radius 2 is 1.92 bits per heavy atom. The summed E-state index contributed by atoms with van der Waals surface area (Å²) in [6, 6.07) is 15.0. The molecule has 0 bridgehead atoms. The van der Waals surface area contributed by atoms with Crippen molar-refractivity contribution in [3.63, 3.8) is 0 Å². The number of amides is 2. The Bertz CT molecular complexity index is 821. The van der Waals surface area contributed by atoms with Crippen LogP contribution < -0.4 is 5.32 Å². The standard InChI is InChI=1S/C18H15ClN2O2S/c1-12-7-8-14(10-15(12)19)20-11-21-17(22)16(24-18(21)23)9-13-5-3-2-4-6-13/h2-10,20H,11H2,1H3. The topological polar surface area (TPSA) is 49.4 Å². The first kappa shape index (κ1) is 16.6. The summed E-state index contributed by atoms with van der Waals surface area (Å²) in [4.78, 5) is 26.1. The zero-order chi connectivity index (χ0) is 17.1. The lowest BCUT2D eigenvalue weighted by Gasteiger charge is -2.15. The van der Waals surface area contributed by atoms with Gasteiger partial charge in [-0.2, -0.15) is 0 Å². The van der Waals surface area contributed by atoms with E-state index in [1.54, 1.807) is 12.1 Å². The van der Waals surface area contributed by atoms with E-state index >= 15 is 0 Å². The van der Waals surface area contributed by atoms with E-state index in [0.717, 1.165) is 28.6 Å². The van der Waals surface area contributed by atoms with Crippen LogP contribution in [-0.2, 0) is 4.79 Å². The van der Waals surface area contributed by atoms with Crippen molar-refractivity contribution in [2.24, 2.45) is 0 Å². The second-order valence-electron chi connectivity index (χ2n) is 5.32. The fraction of sp³-hybridized carbons (Fsp3) is 0.111. The summed E-state index contributed by atoms with van der Waals surface area (Å²) in [5, 5.41) is 3.41. The van der Waals surface area contributed by atoms with Gasteiger partial charge in [0.05, 0.1) is 11.6 Å². The largest absolute Gasteiger partial charge is 0.367 e. The van der Waals surface area contributed by atoms with Gasteiger partial charge in [0, 0.05) is 10.7 Å². The molecular formula is C18H15ClN2O2S. The van der Waals surface area contributed by atoms with E-state index in [0.29, 0.717) is 9.93 Å². The van der Waals surface area contributed by atoms with Crippen molar-refractivity contribution in [3.8, 4) is 0 Å². The molecule has 1 saturated heterocycles. The third-order valence-electron chi connectivity index (χ3n) is 3.58. The van der Waals surface area contributed by atoms with Gasteiger partial charge in [0.25, 0.3) is 11.1 Å². The molecule has 24 heavy (non-hydrogen) atoms. The van der Waals surface area contributed by atoms with Crippen molar-refractivity contribution in [2.45, 2.75) is 6.92 Å². The van der Waals surface area contributed by atoms with E-state index in [1.807, 2.05) is 49.4 Å². The second kappa shape index (κ2) is 7.11. The Labute approximate surface area is 149 Å². The fourth-order valence-corrected chi connectivity index (χ4v) is 3.23. The van der Waals surface area contributed by atoms with Gasteiger partial charge in [0.1, 0.15) is 0 Å². The minimum Gasteiger partial charge on any atom is -0.367 e. The summed E-state index contributed by atoms with van der Waals surface area (Å²) in [7, 11) is 0. The van der Waals surface area contributed by atoms with Crippen molar-refractivity contribution in [1.82, 2.24) is 4.90 Å². The molecule has 0 aliphatic carbocycles. The fourth-order valence-electron chi connectivity index (χ4n) is 2.21. The van der Waals surface area contributed by atoms with Crippen molar-refractivity contribution in [2.75, 3.05) is 12.0 Å². The van der Waals surface area contributed by atoms with Gasteiger partial charge in [0.2, 0.25) is 0 Å². The van der Waals surface area contributed by atoms with Gasteiger partial charge < -0.3 is 5.32 Å². The zero-order valence-electron chi connectivity index (χ0n) is 13.0. The first-order valence-corrected chi connectivity index (χ1v) is 8.54. The Balaban J connectivity index is 1.70.